The van der Waals surface area contributed by atoms with Gasteiger partial charge in [-0.1, -0.05) is 6.92 Å². The molecule has 0 spiro atoms. The van der Waals surface area contributed by atoms with Crippen LogP contribution < -0.4 is 0 Å². The van der Waals surface area contributed by atoms with Crippen molar-refractivity contribution < 1.29 is 4.79 Å². The molecule has 0 aliphatic carbocycles. The Hall–Kier alpha value is -0.700. The molecule has 0 radical (unpaired) electrons. The summed E-state index contributed by atoms with van der Waals surface area (Å²) in [5.41, 5.74) is 0. The summed E-state index contributed by atoms with van der Waals surface area (Å²) in [5.74, 6) is 0.263. The van der Waals surface area contributed by atoms with E-state index in [0.717, 1.165) is 5.01 Å². The quantitative estimate of drug-likeness (QED) is 0.692. The van der Waals surface area contributed by atoms with Crippen LogP contribution in [0.25, 0.3) is 0 Å². The van der Waals surface area contributed by atoms with Crippen LogP contribution in [0.5, 0.6) is 0 Å². The van der Waals surface area contributed by atoms with Gasteiger partial charge < -0.3 is 0 Å². The summed E-state index contributed by atoms with van der Waals surface area (Å²) < 4.78 is 0. The molecule has 0 bridgehead atoms. The van der Waals surface area contributed by atoms with E-state index in [0.29, 0.717) is 12.8 Å². The lowest BCUT2D eigenvalue weighted by molar-refractivity contribution is -0.118. The molecule has 0 fully saturated rings. The van der Waals surface area contributed by atoms with Gasteiger partial charge in [0, 0.05) is 17.5 Å². The van der Waals surface area contributed by atoms with Gasteiger partial charge in [-0.3, -0.25) is 4.79 Å². The molecule has 1 heterocycles. The predicted molar refractivity (Wildman–Crippen MR) is 45.9 cm³/mol. The van der Waals surface area contributed by atoms with Gasteiger partial charge in [0.1, 0.15) is 10.8 Å². The van der Waals surface area contributed by atoms with E-state index in [9.17, 15) is 4.79 Å². The number of hydrogen-bond donors (Lipinski definition) is 0. The number of ketones is 1. The molecule has 0 unspecified atom stereocenters. The van der Waals surface area contributed by atoms with Gasteiger partial charge in [-0.05, 0) is 6.92 Å². The van der Waals surface area contributed by atoms with Crippen molar-refractivity contribution in [2.45, 2.75) is 26.7 Å². The molecule has 0 saturated heterocycles. The molecule has 0 saturated carbocycles. The Bertz CT molecular complexity index is 254. The van der Waals surface area contributed by atoms with Crippen LogP contribution in [0.1, 0.15) is 23.2 Å². The number of aromatic nitrogens is 1. The minimum atomic E-state index is 0.263. The minimum Gasteiger partial charge on any atom is -0.299 e. The number of nitrogens with zero attached hydrogens (tertiary/aromatic N) is 1. The molecule has 0 aliphatic heterocycles. The third kappa shape index (κ3) is 2.42. The average molecular weight is 169 g/mol. The van der Waals surface area contributed by atoms with Gasteiger partial charge in [-0.2, -0.15) is 0 Å². The lowest BCUT2D eigenvalue weighted by atomic mass is 10.2. The normalized spacial score (nSPS) is 10.0. The number of aryl methyl sites for hydroxylation is 1. The summed E-state index contributed by atoms with van der Waals surface area (Å²) in [6.07, 6.45) is 2.93. The van der Waals surface area contributed by atoms with E-state index in [1.165, 1.54) is 4.88 Å². The van der Waals surface area contributed by atoms with Crippen molar-refractivity contribution in [3.05, 3.63) is 16.1 Å². The van der Waals surface area contributed by atoms with Crippen molar-refractivity contribution in [3.8, 4) is 0 Å². The van der Waals surface area contributed by atoms with Crippen LogP contribution >= 0.6 is 11.3 Å². The van der Waals surface area contributed by atoms with Crippen LogP contribution in [0, 0.1) is 6.92 Å². The highest BCUT2D eigenvalue weighted by molar-refractivity contribution is 7.11. The highest BCUT2D eigenvalue weighted by Gasteiger charge is 2.03. The van der Waals surface area contributed by atoms with E-state index >= 15 is 0 Å². The zero-order chi connectivity index (χ0) is 8.27. The van der Waals surface area contributed by atoms with Crippen LogP contribution in [0.2, 0.25) is 0 Å². The second-order valence-corrected chi connectivity index (χ2v) is 3.75. The number of thiazole rings is 1. The molecule has 11 heavy (non-hydrogen) atoms. The number of rotatable bonds is 3. The van der Waals surface area contributed by atoms with Crippen LogP contribution in [0.15, 0.2) is 6.20 Å². The molecule has 0 aliphatic rings. The fourth-order valence-electron chi connectivity index (χ4n) is 0.777. The first-order valence-electron chi connectivity index (χ1n) is 3.65. The number of carbonyl (C=O) groups excluding carboxylic acids is 1. The molecule has 0 N–H and O–H groups in total. The molecule has 3 heteroatoms. The Kier molecular flexibility index (Phi) is 2.76. The van der Waals surface area contributed by atoms with Crippen molar-refractivity contribution in [3.63, 3.8) is 0 Å². The second-order valence-electron chi connectivity index (χ2n) is 2.43. The first kappa shape index (κ1) is 8.40. The number of Topliss-reactive ketones (excluding diaryl/α,β-unsaturated/α-hetero) is 1. The largest absolute Gasteiger partial charge is 0.299 e. The fraction of sp³-hybridized carbons (Fsp3) is 0.500. The van der Waals surface area contributed by atoms with E-state index < -0.39 is 0 Å². The smallest absolute Gasteiger partial charge is 0.139 e. The van der Waals surface area contributed by atoms with Crippen LogP contribution in [0.3, 0.4) is 0 Å². The topological polar surface area (TPSA) is 30.0 Å². The Balaban J connectivity index is 2.57. The van der Waals surface area contributed by atoms with Crippen molar-refractivity contribution in [1.29, 1.82) is 0 Å². The molecule has 0 aromatic carbocycles. The van der Waals surface area contributed by atoms with Gasteiger partial charge in [0.2, 0.25) is 0 Å². The highest BCUT2D eigenvalue weighted by atomic mass is 32.1. The minimum absolute atomic E-state index is 0.263. The van der Waals surface area contributed by atoms with Gasteiger partial charge in [-0.15, -0.1) is 11.3 Å². The summed E-state index contributed by atoms with van der Waals surface area (Å²) in [6, 6.07) is 0. The Morgan fingerprint density at radius 2 is 2.45 bits per heavy atom. The van der Waals surface area contributed by atoms with Gasteiger partial charge in [0.05, 0.1) is 6.42 Å². The fourth-order valence-corrected chi connectivity index (χ4v) is 1.59. The molecular weight excluding hydrogens is 158 g/mol. The maximum atomic E-state index is 11.0. The Labute approximate surface area is 70.3 Å². The van der Waals surface area contributed by atoms with E-state index in [-0.39, 0.29) is 5.78 Å². The molecule has 1 aromatic rings. The van der Waals surface area contributed by atoms with Gasteiger partial charge >= 0.3 is 0 Å². The standard InChI is InChI=1S/C8H11NOS/c1-3-7(10)4-8-9-5-6(2)11-8/h5H,3-4H2,1-2H3. The summed E-state index contributed by atoms with van der Waals surface area (Å²) in [5, 5.41) is 0.939. The second kappa shape index (κ2) is 3.62. The molecule has 1 aromatic heterocycles. The lowest BCUT2D eigenvalue weighted by Crippen LogP contribution is -1.98. The zero-order valence-corrected chi connectivity index (χ0v) is 7.57. The summed E-state index contributed by atoms with van der Waals surface area (Å²) in [7, 11) is 0. The first-order chi connectivity index (χ1) is 5.22. The van der Waals surface area contributed by atoms with Crippen LogP contribution in [-0.4, -0.2) is 10.8 Å². The number of hydrogen-bond acceptors (Lipinski definition) is 3. The van der Waals surface area contributed by atoms with Crippen molar-refractivity contribution in [1.82, 2.24) is 4.98 Å². The average Bonchev–Trinajstić information content (AvgIpc) is 2.35. The van der Waals surface area contributed by atoms with Gasteiger partial charge in [0.15, 0.2) is 0 Å². The monoisotopic (exact) mass is 169 g/mol. The van der Waals surface area contributed by atoms with E-state index in [2.05, 4.69) is 4.98 Å². The maximum absolute atomic E-state index is 11.0. The van der Waals surface area contributed by atoms with Crippen molar-refractivity contribution in [2.75, 3.05) is 0 Å². The van der Waals surface area contributed by atoms with Crippen molar-refractivity contribution >= 4 is 17.1 Å². The Morgan fingerprint density at radius 3 is 2.91 bits per heavy atom. The van der Waals surface area contributed by atoms with Gasteiger partial charge in [-0.25, -0.2) is 4.98 Å². The van der Waals surface area contributed by atoms with Crippen LogP contribution in [-0.2, 0) is 11.2 Å². The van der Waals surface area contributed by atoms with Crippen LogP contribution in [0.4, 0.5) is 0 Å². The Morgan fingerprint density at radius 1 is 1.73 bits per heavy atom. The van der Waals surface area contributed by atoms with E-state index in [4.69, 9.17) is 0 Å². The molecule has 60 valence electrons. The van der Waals surface area contributed by atoms with Gasteiger partial charge in [0.25, 0.3) is 0 Å². The molecule has 2 nitrogen and oxygen atoms in total. The summed E-state index contributed by atoms with van der Waals surface area (Å²) in [4.78, 5) is 16.2. The first-order valence-corrected chi connectivity index (χ1v) is 4.47. The van der Waals surface area contributed by atoms with E-state index in [1.807, 2.05) is 20.0 Å². The molecular formula is C8H11NOS. The molecule has 0 atom stereocenters. The lowest BCUT2D eigenvalue weighted by Gasteiger charge is -1.90. The third-order valence-corrected chi connectivity index (χ3v) is 2.32. The summed E-state index contributed by atoms with van der Waals surface area (Å²) in [6.45, 7) is 3.88. The predicted octanol–water partition coefficient (Wildman–Crippen LogP) is 1.97. The zero-order valence-electron chi connectivity index (χ0n) is 6.76. The molecule has 0 amide bonds. The highest BCUT2D eigenvalue weighted by Crippen LogP contribution is 2.12. The molecule has 1 rings (SSSR count). The number of carbonyl (C=O) groups is 1. The summed E-state index contributed by atoms with van der Waals surface area (Å²) >= 11 is 1.60. The van der Waals surface area contributed by atoms with Crippen molar-refractivity contribution in [2.24, 2.45) is 0 Å². The SMILES string of the molecule is CCC(=O)Cc1ncc(C)s1. The maximum Gasteiger partial charge on any atom is 0.139 e. The third-order valence-electron chi connectivity index (χ3n) is 1.41. The van der Waals surface area contributed by atoms with E-state index in [1.54, 1.807) is 11.3 Å².